The molecule has 1 aliphatic rings. The third-order valence-corrected chi connectivity index (χ3v) is 3.15. The lowest BCUT2D eigenvalue weighted by Gasteiger charge is -2.19. The van der Waals surface area contributed by atoms with Crippen LogP contribution in [0.5, 0.6) is 11.5 Å². The van der Waals surface area contributed by atoms with Crippen molar-refractivity contribution in [1.29, 1.82) is 0 Å². The first-order chi connectivity index (χ1) is 8.16. The molecule has 4 nitrogen and oxygen atoms in total. The van der Waals surface area contributed by atoms with E-state index < -0.39 is 0 Å². The highest BCUT2D eigenvalue weighted by atomic mass is 16.6. The molecule has 1 N–H and O–H groups in total. The molecule has 0 fully saturated rings. The van der Waals surface area contributed by atoms with Crippen LogP contribution in [0.4, 0.5) is 0 Å². The van der Waals surface area contributed by atoms with E-state index in [0.717, 1.165) is 16.8 Å². The predicted molar refractivity (Wildman–Crippen MR) is 65.0 cm³/mol. The van der Waals surface area contributed by atoms with E-state index >= 15 is 0 Å². The van der Waals surface area contributed by atoms with Crippen molar-refractivity contribution in [3.05, 3.63) is 33.6 Å². The molecule has 0 radical (unpaired) electrons. The number of aromatic nitrogens is 1. The van der Waals surface area contributed by atoms with E-state index in [4.69, 9.17) is 9.47 Å². The first kappa shape index (κ1) is 10.2. The lowest BCUT2D eigenvalue weighted by molar-refractivity contribution is 0.172. The number of pyridine rings is 1. The van der Waals surface area contributed by atoms with Crippen LogP contribution in [0, 0.1) is 13.8 Å². The molecule has 17 heavy (non-hydrogen) atoms. The van der Waals surface area contributed by atoms with E-state index in [1.54, 1.807) is 6.07 Å². The van der Waals surface area contributed by atoms with Crippen molar-refractivity contribution in [3.63, 3.8) is 0 Å². The predicted octanol–water partition coefficient (Wildman–Crippen LogP) is 1.92. The summed E-state index contributed by atoms with van der Waals surface area (Å²) in [6, 6.07) is 3.59. The summed E-state index contributed by atoms with van der Waals surface area (Å²) in [5.41, 5.74) is 2.48. The minimum absolute atomic E-state index is 0.0493. The third-order valence-electron chi connectivity index (χ3n) is 3.15. The van der Waals surface area contributed by atoms with E-state index in [2.05, 4.69) is 4.98 Å². The zero-order valence-electron chi connectivity index (χ0n) is 9.79. The number of benzene rings is 1. The van der Waals surface area contributed by atoms with E-state index in [1.165, 1.54) is 0 Å². The molecule has 88 valence electrons. The lowest BCUT2D eigenvalue weighted by Crippen LogP contribution is -2.16. The average Bonchev–Trinajstić information content (AvgIpc) is 2.34. The molecule has 0 saturated heterocycles. The molecule has 1 aromatic heterocycles. The first-order valence-corrected chi connectivity index (χ1v) is 5.59. The number of hydrogen-bond acceptors (Lipinski definition) is 3. The minimum Gasteiger partial charge on any atom is -0.486 e. The zero-order chi connectivity index (χ0) is 12.0. The van der Waals surface area contributed by atoms with Gasteiger partial charge in [-0.1, -0.05) is 0 Å². The number of hydrogen-bond donors (Lipinski definition) is 1. The normalized spacial score (nSPS) is 14.0. The molecule has 2 aromatic rings. The molecule has 3 rings (SSSR count). The Morgan fingerprint density at radius 3 is 2.47 bits per heavy atom. The second-order valence-corrected chi connectivity index (χ2v) is 4.25. The van der Waals surface area contributed by atoms with Gasteiger partial charge < -0.3 is 14.5 Å². The fourth-order valence-corrected chi connectivity index (χ4v) is 2.05. The summed E-state index contributed by atoms with van der Waals surface area (Å²) in [6.07, 6.45) is 0. The van der Waals surface area contributed by atoms with Crippen LogP contribution in [0.25, 0.3) is 10.9 Å². The summed E-state index contributed by atoms with van der Waals surface area (Å²) in [4.78, 5) is 15.3. The summed E-state index contributed by atoms with van der Waals surface area (Å²) in [7, 11) is 0. The Kier molecular flexibility index (Phi) is 2.11. The molecule has 0 aliphatic carbocycles. The molecule has 1 aromatic carbocycles. The smallest absolute Gasteiger partial charge is 0.192 e. The number of aromatic amines is 1. The maximum atomic E-state index is 12.1. The van der Waals surface area contributed by atoms with Crippen molar-refractivity contribution in [2.45, 2.75) is 13.8 Å². The summed E-state index contributed by atoms with van der Waals surface area (Å²) in [5, 5.41) is 0.650. The molecule has 0 spiro atoms. The second kappa shape index (κ2) is 3.52. The van der Waals surface area contributed by atoms with Crippen LogP contribution in [0.2, 0.25) is 0 Å². The standard InChI is InChI=1S/C13H13NO3/c1-7-8(2)14-10-6-12-11(16-3-4-17-12)5-9(10)13(7)15/h5-6H,3-4H2,1-2H3,(H,14,15). The number of aryl methyl sites for hydroxylation is 1. The highest BCUT2D eigenvalue weighted by Crippen LogP contribution is 2.33. The van der Waals surface area contributed by atoms with Gasteiger partial charge in [-0.15, -0.1) is 0 Å². The number of rotatable bonds is 0. The van der Waals surface area contributed by atoms with Gasteiger partial charge in [-0.2, -0.15) is 0 Å². The molecule has 0 bridgehead atoms. The Balaban J connectivity index is 2.38. The molecular formula is C13H13NO3. The maximum Gasteiger partial charge on any atom is 0.192 e. The Bertz CT molecular complexity index is 658. The van der Waals surface area contributed by atoms with Crippen molar-refractivity contribution in [2.75, 3.05) is 13.2 Å². The Morgan fingerprint density at radius 1 is 1.12 bits per heavy atom. The van der Waals surface area contributed by atoms with E-state index in [0.29, 0.717) is 30.1 Å². The van der Waals surface area contributed by atoms with Gasteiger partial charge in [0, 0.05) is 22.7 Å². The average molecular weight is 231 g/mol. The molecular weight excluding hydrogens is 218 g/mol. The largest absolute Gasteiger partial charge is 0.486 e. The van der Waals surface area contributed by atoms with Crippen LogP contribution < -0.4 is 14.9 Å². The molecule has 0 amide bonds. The molecule has 4 heteroatoms. The molecule has 2 heterocycles. The van der Waals surface area contributed by atoms with Crippen molar-refractivity contribution < 1.29 is 9.47 Å². The lowest BCUT2D eigenvalue weighted by atomic mass is 10.1. The summed E-state index contributed by atoms with van der Waals surface area (Å²) < 4.78 is 11.0. The number of H-pyrrole nitrogens is 1. The van der Waals surface area contributed by atoms with Gasteiger partial charge in [0.2, 0.25) is 0 Å². The number of ether oxygens (including phenoxy) is 2. The monoisotopic (exact) mass is 231 g/mol. The second-order valence-electron chi connectivity index (χ2n) is 4.25. The Labute approximate surface area is 98.2 Å². The van der Waals surface area contributed by atoms with Crippen LogP contribution in [0.1, 0.15) is 11.3 Å². The SMILES string of the molecule is Cc1[nH]c2cc3c(cc2c(=O)c1C)OCCO3. The Morgan fingerprint density at radius 2 is 1.76 bits per heavy atom. The fraction of sp³-hybridized carbons (Fsp3) is 0.308. The molecule has 0 saturated carbocycles. The van der Waals surface area contributed by atoms with Crippen LogP contribution in [-0.2, 0) is 0 Å². The van der Waals surface area contributed by atoms with Crippen molar-refractivity contribution in [2.24, 2.45) is 0 Å². The third kappa shape index (κ3) is 1.48. The molecule has 1 aliphatic heterocycles. The minimum atomic E-state index is 0.0493. The van der Waals surface area contributed by atoms with Crippen molar-refractivity contribution in [3.8, 4) is 11.5 Å². The first-order valence-electron chi connectivity index (χ1n) is 5.59. The van der Waals surface area contributed by atoms with Gasteiger partial charge in [0.15, 0.2) is 16.9 Å². The van der Waals surface area contributed by atoms with E-state index in [1.807, 2.05) is 19.9 Å². The quantitative estimate of drug-likeness (QED) is 0.753. The molecule has 0 unspecified atom stereocenters. The highest BCUT2D eigenvalue weighted by Gasteiger charge is 2.15. The van der Waals surface area contributed by atoms with Gasteiger partial charge >= 0.3 is 0 Å². The zero-order valence-corrected chi connectivity index (χ0v) is 9.79. The van der Waals surface area contributed by atoms with Gasteiger partial charge in [-0.05, 0) is 19.9 Å². The van der Waals surface area contributed by atoms with Gasteiger partial charge in [0.25, 0.3) is 0 Å². The van der Waals surface area contributed by atoms with Crippen LogP contribution >= 0.6 is 0 Å². The molecule has 0 atom stereocenters. The van der Waals surface area contributed by atoms with E-state index in [-0.39, 0.29) is 5.43 Å². The topological polar surface area (TPSA) is 51.3 Å². The summed E-state index contributed by atoms with van der Waals surface area (Å²) in [5.74, 6) is 1.35. The van der Waals surface area contributed by atoms with Gasteiger partial charge in [-0.3, -0.25) is 4.79 Å². The van der Waals surface area contributed by atoms with Crippen molar-refractivity contribution >= 4 is 10.9 Å². The van der Waals surface area contributed by atoms with Gasteiger partial charge in [0.05, 0.1) is 5.52 Å². The van der Waals surface area contributed by atoms with Crippen molar-refractivity contribution in [1.82, 2.24) is 4.98 Å². The van der Waals surface area contributed by atoms with Gasteiger partial charge in [0.1, 0.15) is 13.2 Å². The van der Waals surface area contributed by atoms with Crippen LogP contribution in [0.3, 0.4) is 0 Å². The number of fused-ring (bicyclic) bond motifs is 2. The highest BCUT2D eigenvalue weighted by molar-refractivity contribution is 5.83. The van der Waals surface area contributed by atoms with Crippen LogP contribution in [-0.4, -0.2) is 18.2 Å². The van der Waals surface area contributed by atoms with Crippen LogP contribution in [0.15, 0.2) is 16.9 Å². The Hall–Kier alpha value is -1.97. The number of nitrogens with one attached hydrogen (secondary N) is 1. The summed E-state index contributed by atoms with van der Waals surface area (Å²) >= 11 is 0. The maximum absolute atomic E-state index is 12.1. The summed E-state index contributed by atoms with van der Waals surface area (Å²) in [6.45, 7) is 4.80. The fourth-order valence-electron chi connectivity index (χ4n) is 2.05. The van der Waals surface area contributed by atoms with E-state index in [9.17, 15) is 4.79 Å². The van der Waals surface area contributed by atoms with Gasteiger partial charge in [-0.25, -0.2) is 0 Å².